The molecule has 2 atom stereocenters. The van der Waals surface area contributed by atoms with E-state index in [1.165, 1.54) is 4.88 Å². The first kappa shape index (κ1) is 13.0. The molecule has 1 aliphatic heterocycles. The number of nitrogens with one attached hydrogen (secondary N) is 1. The highest BCUT2D eigenvalue weighted by Gasteiger charge is 2.49. The standard InChI is InChI=1S/C12H21N3OS/c1-11(2)5-8(12(3,4)16-11)10(15-13)9-6-14-7-17-9/h6-8,10,15H,5,13H2,1-4H3. The number of ether oxygens (including phenoxy) is 1. The number of hydrogen-bond acceptors (Lipinski definition) is 5. The van der Waals surface area contributed by atoms with Crippen LogP contribution in [0.2, 0.25) is 0 Å². The second-order valence-corrected chi connectivity index (χ2v) is 6.74. The maximum absolute atomic E-state index is 6.12. The van der Waals surface area contributed by atoms with Gasteiger partial charge in [-0.05, 0) is 34.1 Å². The zero-order chi connectivity index (χ0) is 12.7. The molecule has 0 aliphatic carbocycles. The summed E-state index contributed by atoms with van der Waals surface area (Å²) < 4.78 is 6.12. The number of thiazole rings is 1. The number of hydrazine groups is 1. The van der Waals surface area contributed by atoms with Crippen molar-refractivity contribution in [2.45, 2.75) is 51.4 Å². The Labute approximate surface area is 107 Å². The smallest absolute Gasteiger partial charge is 0.0794 e. The molecule has 1 aromatic rings. The van der Waals surface area contributed by atoms with E-state index in [1.54, 1.807) is 11.3 Å². The van der Waals surface area contributed by atoms with Gasteiger partial charge in [-0.2, -0.15) is 0 Å². The first-order chi connectivity index (χ1) is 7.86. The molecule has 0 bridgehead atoms. The molecule has 0 amide bonds. The van der Waals surface area contributed by atoms with Gasteiger partial charge < -0.3 is 4.74 Å². The summed E-state index contributed by atoms with van der Waals surface area (Å²) in [5, 5.41) is 0. The van der Waals surface area contributed by atoms with E-state index in [9.17, 15) is 0 Å². The highest BCUT2D eigenvalue weighted by atomic mass is 32.1. The van der Waals surface area contributed by atoms with Crippen LogP contribution >= 0.6 is 11.3 Å². The van der Waals surface area contributed by atoms with Crippen LogP contribution in [0.5, 0.6) is 0 Å². The molecular formula is C12H21N3OS. The molecule has 2 heterocycles. The zero-order valence-electron chi connectivity index (χ0n) is 10.9. The lowest BCUT2D eigenvalue weighted by molar-refractivity contribution is -0.0777. The van der Waals surface area contributed by atoms with Crippen molar-refractivity contribution in [3.8, 4) is 0 Å². The average Bonchev–Trinajstić information content (AvgIpc) is 2.74. The number of rotatable bonds is 3. The fourth-order valence-corrected chi connectivity index (χ4v) is 3.64. The molecule has 1 aromatic heterocycles. The predicted octanol–water partition coefficient (Wildman–Crippen LogP) is 2.24. The summed E-state index contributed by atoms with van der Waals surface area (Å²) in [6.45, 7) is 8.54. The summed E-state index contributed by atoms with van der Waals surface area (Å²) in [5.74, 6) is 6.08. The monoisotopic (exact) mass is 255 g/mol. The summed E-state index contributed by atoms with van der Waals surface area (Å²) in [6, 6.07) is 0.110. The third-order valence-corrected chi connectivity index (χ3v) is 4.34. The van der Waals surface area contributed by atoms with Crippen molar-refractivity contribution in [2.24, 2.45) is 11.8 Å². The Bertz CT molecular complexity index is 375. The topological polar surface area (TPSA) is 60.2 Å². The fraction of sp³-hybridized carbons (Fsp3) is 0.750. The Balaban J connectivity index is 2.26. The Morgan fingerprint density at radius 1 is 1.53 bits per heavy atom. The minimum absolute atomic E-state index is 0.0893. The summed E-state index contributed by atoms with van der Waals surface area (Å²) in [4.78, 5) is 5.30. The van der Waals surface area contributed by atoms with Gasteiger partial charge in [0.2, 0.25) is 0 Å². The van der Waals surface area contributed by atoms with E-state index in [2.05, 4.69) is 38.1 Å². The van der Waals surface area contributed by atoms with Gasteiger partial charge in [0, 0.05) is 17.0 Å². The molecule has 2 rings (SSSR count). The van der Waals surface area contributed by atoms with Gasteiger partial charge in [0.15, 0.2) is 0 Å². The van der Waals surface area contributed by atoms with Crippen molar-refractivity contribution in [1.29, 1.82) is 0 Å². The molecule has 0 radical (unpaired) electrons. The number of nitrogens with two attached hydrogens (primary N) is 1. The van der Waals surface area contributed by atoms with Gasteiger partial charge in [-0.25, -0.2) is 0 Å². The van der Waals surface area contributed by atoms with Crippen LogP contribution in [0.25, 0.3) is 0 Å². The number of nitrogens with zero attached hydrogens (tertiary/aromatic N) is 1. The van der Waals surface area contributed by atoms with Gasteiger partial charge in [0.25, 0.3) is 0 Å². The van der Waals surface area contributed by atoms with Crippen LogP contribution in [-0.2, 0) is 4.74 Å². The maximum Gasteiger partial charge on any atom is 0.0794 e. The van der Waals surface area contributed by atoms with Gasteiger partial charge >= 0.3 is 0 Å². The molecule has 3 N–H and O–H groups in total. The molecule has 1 saturated heterocycles. The highest BCUT2D eigenvalue weighted by Crippen LogP contribution is 2.47. The Morgan fingerprint density at radius 3 is 2.65 bits per heavy atom. The molecule has 0 aromatic carbocycles. The van der Waals surface area contributed by atoms with Crippen molar-refractivity contribution in [2.75, 3.05) is 0 Å². The van der Waals surface area contributed by atoms with E-state index < -0.39 is 0 Å². The van der Waals surface area contributed by atoms with Crippen LogP contribution in [0.15, 0.2) is 11.7 Å². The third kappa shape index (κ3) is 2.52. The largest absolute Gasteiger partial charge is 0.369 e. The van der Waals surface area contributed by atoms with E-state index >= 15 is 0 Å². The third-order valence-electron chi connectivity index (χ3n) is 3.48. The van der Waals surface area contributed by atoms with Gasteiger partial charge in [0.05, 0.1) is 22.8 Å². The first-order valence-corrected chi connectivity index (χ1v) is 6.78. The molecular weight excluding hydrogens is 234 g/mol. The summed E-state index contributed by atoms with van der Waals surface area (Å²) in [6.07, 6.45) is 2.88. The molecule has 0 saturated carbocycles. The van der Waals surface area contributed by atoms with E-state index in [1.807, 2.05) is 11.7 Å². The summed E-state index contributed by atoms with van der Waals surface area (Å²) in [7, 11) is 0. The number of hydrogen-bond donors (Lipinski definition) is 2. The Hall–Kier alpha value is -0.490. The van der Waals surface area contributed by atoms with Crippen LogP contribution in [0.4, 0.5) is 0 Å². The van der Waals surface area contributed by atoms with E-state index in [0.717, 1.165) is 6.42 Å². The Morgan fingerprint density at radius 2 is 2.24 bits per heavy atom. The lowest BCUT2D eigenvalue weighted by Gasteiger charge is -2.31. The minimum Gasteiger partial charge on any atom is -0.369 e. The van der Waals surface area contributed by atoms with Crippen LogP contribution in [0.3, 0.4) is 0 Å². The van der Waals surface area contributed by atoms with Crippen molar-refractivity contribution in [1.82, 2.24) is 10.4 Å². The highest BCUT2D eigenvalue weighted by molar-refractivity contribution is 7.09. The SMILES string of the molecule is CC1(C)CC(C(NN)c2cncs2)C(C)(C)O1. The summed E-state index contributed by atoms with van der Waals surface area (Å²) >= 11 is 1.63. The predicted molar refractivity (Wildman–Crippen MR) is 69.5 cm³/mol. The van der Waals surface area contributed by atoms with Gasteiger partial charge in [0.1, 0.15) is 0 Å². The fourth-order valence-electron chi connectivity index (χ4n) is 2.90. The van der Waals surface area contributed by atoms with Crippen LogP contribution < -0.4 is 11.3 Å². The van der Waals surface area contributed by atoms with Crippen LogP contribution in [-0.4, -0.2) is 16.2 Å². The van der Waals surface area contributed by atoms with Crippen molar-refractivity contribution in [3.05, 3.63) is 16.6 Å². The van der Waals surface area contributed by atoms with E-state index in [4.69, 9.17) is 10.6 Å². The van der Waals surface area contributed by atoms with Gasteiger partial charge in [-0.3, -0.25) is 16.3 Å². The maximum atomic E-state index is 6.12. The minimum atomic E-state index is -0.176. The molecule has 5 heteroatoms. The zero-order valence-corrected chi connectivity index (χ0v) is 11.7. The lowest BCUT2D eigenvalue weighted by atomic mass is 9.81. The van der Waals surface area contributed by atoms with Crippen molar-refractivity contribution >= 4 is 11.3 Å². The lowest BCUT2D eigenvalue weighted by Crippen LogP contribution is -2.40. The van der Waals surface area contributed by atoms with Crippen molar-refractivity contribution in [3.63, 3.8) is 0 Å². The van der Waals surface area contributed by atoms with Crippen molar-refractivity contribution < 1.29 is 4.74 Å². The molecule has 1 fully saturated rings. The molecule has 1 aliphatic rings. The molecule has 0 spiro atoms. The van der Waals surface area contributed by atoms with Gasteiger partial charge in [-0.15, -0.1) is 11.3 Å². The average molecular weight is 255 g/mol. The van der Waals surface area contributed by atoms with Crippen LogP contribution in [0, 0.1) is 5.92 Å². The quantitative estimate of drug-likeness (QED) is 0.642. The van der Waals surface area contributed by atoms with E-state index in [-0.39, 0.29) is 17.2 Å². The molecule has 17 heavy (non-hydrogen) atoms. The molecule has 4 nitrogen and oxygen atoms in total. The molecule has 96 valence electrons. The normalized spacial score (nSPS) is 28.2. The van der Waals surface area contributed by atoms with E-state index in [0.29, 0.717) is 5.92 Å². The van der Waals surface area contributed by atoms with Gasteiger partial charge in [-0.1, -0.05) is 0 Å². The second kappa shape index (κ2) is 4.31. The number of aromatic nitrogens is 1. The summed E-state index contributed by atoms with van der Waals surface area (Å²) in [5.41, 5.74) is 4.51. The molecule has 2 unspecified atom stereocenters. The Kier molecular flexibility index (Phi) is 3.29. The second-order valence-electron chi connectivity index (χ2n) is 5.82. The van der Waals surface area contributed by atoms with Crippen LogP contribution in [0.1, 0.15) is 45.0 Å². The first-order valence-electron chi connectivity index (χ1n) is 5.90.